The lowest BCUT2D eigenvalue weighted by molar-refractivity contribution is 0.637. The number of pyridine rings is 1. The van der Waals surface area contributed by atoms with Gasteiger partial charge in [0.05, 0.1) is 10.2 Å². The standard InChI is InChI=1S/C10H12BrN3/c1-7(12-2)9-6-14-5-3-4-8(11)10(14)13-9/h3-7,12H,1-2H3. The quantitative estimate of drug-likeness (QED) is 0.891. The van der Waals surface area contributed by atoms with Gasteiger partial charge in [-0.15, -0.1) is 0 Å². The van der Waals surface area contributed by atoms with Crippen LogP contribution in [0.5, 0.6) is 0 Å². The van der Waals surface area contributed by atoms with Crippen LogP contribution in [0.15, 0.2) is 29.0 Å². The van der Waals surface area contributed by atoms with Gasteiger partial charge in [0.1, 0.15) is 0 Å². The zero-order chi connectivity index (χ0) is 10.1. The summed E-state index contributed by atoms with van der Waals surface area (Å²) >= 11 is 3.48. The van der Waals surface area contributed by atoms with Crippen molar-refractivity contribution < 1.29 is 0 Å². The fourth-order valence-electron chi connectivity index (χ4n) is 1.35. The molecule has 2 rings (SSSR count). The second-order valence-corrected chi connectivity index (χ2v) is 4.12. The summed E-state index contributed by atoms with van der Waals surface area (Å²) in [5, 5.41) is 3.17. The maximum atomic E-state index is 4.54. The Bertz CT molecular complexity index is 450. The number of halogens is 1. The van der Waals surface area contributed by atoms with Crippen LogP contribution in [0, 0.1) is 0 Å². The van der Waals surface area contributed by atoms with Gasteiger partial charge in [-0.2, -0.15) is 0 Å². The number of aromatic nitrogens is 2. The molecule has 0 saturated heterocycles. The Morgan fingerprint density at radius 2 is 2.36 bits per heavy atom. The molecule has 0 aliphatic heterocycles. The van der Waals surface area contributed by atoms with E-state index in [1.165, 1.54) is 0 Å². The molecule has 0 amide bonds. The van der Waals surface area contributed by atoms with Gasteiger partial charge in [0.25, 0.3) is 0 Å². The van der Waals surface area contributed by atoms with E-state index in [1.54, 1.807) is 0 Å². The van der Waals surface area contributed by atoms with Crippen molar-refractivity contribution >= 4 is 21.6 Å². The van der Waals surface area contributed by atoms with Crippen LogP contribution in [0.3, 0.4) is 0 Å². The minimum Gasteiger partial charge on any atom is -0.312 e. The number of nitrogens with one attached hydrogen (secondary N) is 1. The molecule has 0 bridgehead atoms. The number of hydrogen-bond donors (Lipinski definition) is 1. The third-order valence-electron chi connectivity index (χ3n) is 2.33. The molecule has 4 heteroatoms. The summed E-state index contributed by atoms with van der Waals surface area (Å²) in [5.74, 6) is 0. The van der Waals surface area contributed by atoms with Crippen LogP contribution < -0.4 is 5.32 Å². The second-order valence-electron chi connectivity index (χ2n) is 3.26. The lowest BCUT2D eigenvalue weighted by Crippen LogP contribution is -2.12. The molecular formula is C10H12BrN3. The van der Waals surface area contributed by atoms with E-state index in [2.05, 4.69) is 33.2 Å². The molecule has 74 valence electrons. The Hall–Kier alpha value is -0.870. The van der Waals surface area contributed by atoms with Gasteiger partial charge in [0.15, 0.2) is 5.65 Å². The molecule has 0 radical (unpaired) electrons. The number of hydrogen-bond acceptors (Lipinski definition) is 2. The highest BCUT2D eigenvalue weighted by Crippen LogP contribution is 2.19. The molecule has 3 nitrogen and oxygen atoms in total. The van der Waals surface area contributed by atoms with E-state index in [9.17, 15) is 0 Å². The average molecular weight is 254 g/mol. The SMILES string of the molecule is CNC(C)c1cn2cccc(Br)c2n1. The molecule has 14 heavy (non-hydrogen) atoms. The molecule has 0 saturated carbocycles. The predicted molar refractivity (Wildman–Crippen MR) is 60.4 cm³/mol. The van der Waals surface area contributed by atoms with E-state index < -0.39 is 0 Å². The summed E-state index contributed by atoms with van der Waals surface area (Å²) in [6.07, 6.45) is 4.04. The monoisotopic (exact) mass is 253 g/mol. The molecule has 1 atom stereocenters. The zero-order valence-corrected chi connectivity index (χ0v) is 9.75. The van der Waals surface area contributed by atoms with Gasteiger partial charge < -0.3 is 9.72 Å². The Morgan fingerprint density at radius 3 is 3.00 bits per heavy atom. The highest BCUT2D eigenvalue weighted by molar-refractivity contribution is 9.10. The summed E-state index contributed by atoms with van der Waals surface area (Å²) in [7, 11) is 1.93. The summed E-state index contributed by atoms with van der Waals surface area (Å²) in [4.78, 5) is 4.54. The van der Waals surface area contributed by atoms with Gasteiger partial charge in [-0.05, 0) is 42.0 Å². The molecular weight excluding hydrogens is 242 g/mol. The normalized spacial score (nSPS) is 13.4. The molecule has 1 unspecified atom stereocenters. The fraction of sp³-hybridized carbons (Fsp3) is 0.300. The minimum atomic E-state index is 0.279. The van der Waals surface area contributed by atoms with E-state index in [-0.39, 0.29) is 6.04 Å². The van der Waals surface area contributed by atoms with Crippen molar-refractivity contribution in [1.29, 1.82) is 0 Å². The zero-order valence-electron chi connectivity index (χ0n) is 8.16. The lowest BCUT2D eigenvalue weighted by Gasteiger charge is -2.04. The van der Waals surface area contributed by atoms with E-state index in [0.29, 0.717) is 0 Å². The number of fused-ring (bicyclic) bond motifs is 1. The van der Waals surface area contributed by atoms with Crippen LogP contribution in [0.2, 0.25) is 0 Å². The summed E-state index contributed by atoms with van der Waals surface area (Å²) in [5.41, 5.74) is 2.02. The predicted octanol–water partition coefficient (Wildman–Crippen LogP) is 2.38. The maximum Gasteiger partial charge on any atom is 0.151 e. The van der Waals surface area contributed by atoms with Crippen molar-refractivity contribution in [3.05, 3.63) is 34.7 Å². The molecule has 0 aromatic carbocycles. The number of imidazole rings is 1. The number of nitrogens with zero attached hydrogens (tertiary/aromatic N) is 2. The maximum absolute atomic E-state index is 4.54. The van der Waals surface area contributed by atoms with Gasteiger partial charge in [0.2, 0.25) is 0 Å². The smallest absolute Gasteiger partial charge is 0.151 e. The molecule has 0 fully saturated rings. The molecule has 2 heterocycles. The molecule has 2 aromatic rings. The third-order valence-corrected chi connectivity index (χ3v) is 2.95. The Morgan fingerprint density at radius 1 is 1.57 bits per heavy atom. The van der Waals surface area contributed by atoms with Crippen LogP contribution in [0.4, 0.5) is 0 Å². The van der Waals surface area contributed by atoms with Crippen LogP contribution in [-0.2, 0) is 0 Å². The first-order chi connectivity index (χ1) is 6.72. The van der Waals surface area contributed by atoms with Crippen LogP contribution in [0.25, 0.3) is 5.65 Å². The number of rotatable bonds is 2. The van der Waals surface area contributed by atoms with E-state index in [1.807, 2.05) is 36.0 Å². The fourth-order valence-corrected chi connectivity index (χ4v) is 1.80. The van der Waals surface area contributed by atoms with E-state index >= 15 is 0 Å². The Kier molecular flexibility index (Phi) is 2.56. The van der Waals surface area contributed by atoms with Crippen LogP contribution in [-0.4, -0.2) is 16.4 Å². The largest absolute Gasteiger partial charge is 0.312 e. The van der Waals surface area contributed by atoms with E-state index in [0.717, 1.165) is 15.8 Å². The van der Waals surface area contributed by atoms with Gasteiger partial charge in [0, 0.05) is 18.4 Å². The highest BCUT2D eigenvalue weighted by Gasteiger charge is 2.08. The van der Waals surface area contributed by atoms with Gasteiger partial charge in [-0.3, -0.25) is 0 Å². The molecule has 1 N–H and O–H groups in total. The average Bonchev–Trinajstić information content (AvgIpc) is 2.62. The lowest BCUT2D eigenvalue weighted by atomic mass is 10.3. The van der Waals surface area contributed by atoms with Gasteiger partial charge in [-0.25, -0.2) is 4.98 Å². The van der Waals surface area contributed by atoms with Crippen molar-refractivity contribution in [3.8, 4) is 0 Å². The van der Waals surface area contributed by atoms with Crippen molar-refractivity contribution in [1.82, 2.24) is 14.7 Å². The first-order valence-corrected chi connectivity index (χ1v) is 5.32. The van der Waals surface area contributed by atoms with Gasteiger partial charge >= 0.3 is 0 Å². The molecule has 0 spiro atoms. The van der Waals surface area contributed by atoms with Crippen molar-refractivity contribution in [2.45, 2.75) is 13.0 Å². The van der Waals surface area contributed by atoms with Crippen LogP contribution >= 0.6 is 15.9 Å². The molecule has 2 aromatic heterocycles. The summed E-state index contributed by atoms with van der Waals surface area (Å²) in [6, 6.07) is 4.27. The minimum absolute atomic E-state index is 0.279. The Balaban J connectivity index is 2.56. The molecule has 0 aliphatic carbocycles. The topological polar surface area (TPSA) is 29.3 Å². The van der Waals surface area contributed by atoms with Crippen LogP contribution in [0.1, 0.15) is 18.7 Å². The summed E-state index contributed by atoms with van der Waals surface area (Å²) in [6.45, 7) is 2.09. The van der Waals surface area contributed by atoms with Gasteiger partial charge in [-0.1, -0.05) is 0 Å². The second kappa shape index (κ2) is 3.71. The Labute approximate surface area is 91.3 Å². The third kappa shape index (κ3) is 1.55. The van der Waals surface area contributed by atoms with E-state index in [4.69, 9.17) is 0 Å². The molecule has 0 aliphatic rings. The van der Waals surface area contributed by atoms with Crippen molar-refractivity contribution in [2.75, 3.05) is 7.05 Å². The first-order valence-electron chi connectivity index (χ1n) is 4.52. The summed E-state index contributed by atoms with van der Waals surface area (Å²) < 4.78 is 3.04. The van der Waals surface area contributed by atoms with Crippen molar-refractivity contribution in [3.63, 3.8) is 0 Å². The van der Waals surface area contributed by atoms with Crippen molar-refractivity contribution in [2.24, 2.45) is 0 Å². The first kappa shape index (κ1) is 9.68. The highest BCUT2D eigenvalue weighted by atomic mass is 79.9.